The van der Waals surface area contributed by atoms with E-state index in [1.807, 2.05) is 77.9 Å². The Morgan fingerprint density at radius 3 is 2.44 bits per heavy atom. The third-order valence-electron chi connectivity index (χ3n) is 8.33. The summed E-state index contributed by atoms with van der Waals surface area (Å²) >= 11 is 1.31. The first-order chi connectivity index (χ1) is 18.9. The van der Waals surface area contributed by atoms with Gasteiger partial charge in [0, 0.05) is 22.5 Å². The molecule has 4 aromatic rings. The van der Waals surface area contributed by atoms with E-state index in [0.717, 1.165) is 16.8 Å². The first-order valence-electron chi connectivity index (χ1n) is 12.8. The van der Waals surface area contributed by atoms with E-state index >= 15 is 0 Å². The topological polar surface area (TPSA) is 66.5 Å². The van der Waals surface area contributed by atoms with Crippen LogP contribution < -0.4 is 10.2 Å². The molecule has 0 radical (unpaired) electrons. The van der Waals surface area contributed by atoms with Gasteiger partial charge in [-0.15, -0.1) is 11.3 Å². The molecule has 192 valence electrons. The molecule has 1 spiro atoms. The van der Waals surface area contributed by atoms with E-state index in [2.05, 4.69) is 5.32 Å². The van der Waals surface area contributed by atoms with Crippen LogP contribution >= 0.6 is 11.3 Å². The number of rotatable bonds is 4. The fraction of sp³-hybridized carbons (Fsp3) is 0.156. The number of nitrogens with zero attached hydrogens (tertiary/aromatic N) is 1. The average Bonchev–Trinajstić information content (AvgIpc) is 3.66. The number of para-hydroxylation sites is 2. The summed E-state index contributed by atoms with van der Waals surface area (Å²) in [7, 11) is 0. The zero-order chi connectivity index (χ0) is 26.9. The molecular formula is C32H23FN2O3S. The molecule has 7 rings (SSSR count). The predicted molar refractivity (Wildman–Crippen MR) is 150 cm³/mol. The lowest BCUT2D eigenvalue weighted by molar-refractivity contribution is -0.121. The molecule has 39 heavy (non-hydrogen) atoms. The number of Topliss-reactive ketones (excluding diaryl/α,β-unsaturated/α-hetero) is 2. The van der Waals surface area contributed by atoms with Gasteiger partial charge in [-0.1, -0.05) is 48.5 Å². The highest BCUT2D eigenvalue weighted by atomic mass is 32.1. The molecule has 5 nitrogen and oxygen atoms in total. The number of allylic oxidation sites excluding steroid dienone is 1. The van der Waals surface area contributed by atoms with Gasteiger partial charge < -0.3 is 10.2 Å². The standard InChI is InChI=1S/C32H23FN2O3S/c1-18-17-26-32(22-8-3-4-9-23(22)34-31(32)38)27(29(36)19-12-14-20(33)15-13-19)28(30(37)25-11-6-16-39-25)35(26)24-10-5-2-7-21(18)24/h2-17,26-28H,1H3,(H,34,38). The number of hydrogen-bond acceptors (Lipinski definition) is 5. The highest BCUT2D eigenvalue weighted by Gasteiger charge is 2.70. The highest BCUT2D eigenvalue weighted by molar-refractivity contribution is 7.12. The highest BCUT2D eigenvalue weighted by Crippen LogP contribution is 2.58. The van der Waals surface area contributed by atoms with Gasteiger partial charge in [0.2, 0.25) is 5.91 Å². The molecule has 0 aliphatic carbocycles. The van der Waals surface area contributed by atoms with Gasteiger partial charge in [-0.25, -0.2) is 4.39 Å². The Labute approximate surface area is 228 Å². The summed E-state index contributed by atoms with van der Waals surface area (Å²) < 4.78 is 13.9. The second kappa shape index (κ2) is 8.58. The molecule has 7 heteroatoms. The number of anilines is 2. The minimum absolute atomic E-state index is 0.215. The van der Waals surface area contributed by atoms with Crippen LogP contribution in [0.3, 0.4) is 0 Å². The number of benzene rings is 3. The SMILES string of the molecule is CC1=CC2N(c3ccccc31)C(C(=O)c1cccs1)C(C(=O)c1ccc(F)cc1)C21C(=O)Nc2ccccc21. The van der Waals surface area contributed by atoms with Crippen molar-refractivity contribution in [1.29, 1.82) is 0 Å². The fourth-order valence-electron chi connectivity index (χ4n) is 6.75. The number of fused-ring (bicyclic) bond motifs is 6. The Morgan fingerprint density at radius 2 is 1.67 bits per heavy atom. The van der Waals surface area contributed by atoms with Crippen molar-refractivity contribution in [3.63, 3.8) is 0 Å². The Bertz CT molecular complexity index is 1690. The summed E-state index contributed by atoms with van der Waals surface area (Å²) in [5.74, 6) is -2.43. The lowest BCUT2D eigenvalue weighted by Crippen LogP contribution is -2.51. The second-order valence-electron chi connectivity index (χ2n) is 10.2. The predicted octanol–water partition coefficient (Wildman–Crippen LogP) is 6.13. The van der Waals surface area contributed by atoms with Gasteiger partial charge in [-0.2, -0.15) is 0 Å². The van der Waals surface area contributed by atoms with E-state index in [1.165, 1.54) is 35.6 Å². The van der Waals surface area contributed by atoms with Crippen molar-refractivity contribution in [2.24, 2.45) is 5.92 Å². The van der Waals surface area contributed by atoms with Gasteiger partial charge in [-0.3, -0.25) is 14.4 Å². The summed E-state index contributed by atoms with van der Waals surface area (Å²) in [6.07, 6.45) is 2.02. The number of thiophene rings is 1. The van der Waals surface area contributed by atoms with Crippen molar-refractivity contribution < 1.29 is 18.8 Å². The molecule has 4 unspecified atom stereocenters. The van der Waals surface area contributed by atoms with Crippen LogP contribution in [-0.4, -0.2) is 29.6 Å². The Morgan fingerprint density at radius 1 is 0.923 bits per heavy atom. The number of amides is 1. The van der Waals surface area contributed by atoms with Crippen LogP contribution in [0.1, 0.15) is 38.1 Å². The summed E-state index contributed by atoms with van der Waals surface area (Å²) in [5, 5.41) is 4.86. The summed E-state index contributed by atoms with van der Waals surface area (Å²) in [4.78, 5) is 45.8. The smallest absolute Gasteiger partial charge is 0.238 e. The van der Waals surface area contributed by atoms with Crippen LogP contribution in [0, 0.1) is 11.7 Å². The van der Waals surface area contributed by atoms with E-state index < -0.39 is 29.2 Å². The van der Waals surface area contributed by atoms with Crippen molar-refractivity contribution in [2.75, 3.05) is 10.2 Å². The lowest BCUT2D eigenvalue weighted by atomic mass is 9.64. The maximum absolute atomic E-state index is 14.6. The Kier molecular flexibility index (Phi) is 5.22. The van der Waals surface area contributed by atoms with Crippen LogP contribution in [0.2, 0.25) is 0 Å². The summed E-state index contributed by atoms with van der Waals surface area (Å²) in [6, 6.07) is 22.5. The van der Waals surface area contributed by atoms with Crippen LogP contribution in [0.4, 0.5) is 15.8 Å². The van der Waals surface area contributed by atoms with Gasteiger partial charge in [0.1, 0.15) is 17.3 Å². The van der Waals surface area contributed by atoms with E-state index in [-0.39, 0.29) is 23.0 Å². The van der Waals surface area contributed by atoms with Gasteiger partial charge in [0.25, 0.3) is 0 Å². The minimum Gasteiger partial charge on any atom is -0.352 e. The molecule has 1 fully saturated rings. The number of carbonyl (C=O) groups excluding carboxylic acids is 3. The van der Waals surface area contributed by atoms with Crippen LogP contribution in [0.25, 0.3) is 5.57 Å². The minimum atomic E-state index is -1.38. The normalized spacial score (nSPS) is 24.6. The number of hydrogen-bond donors (Lipinski definition) is 1. The molecule has 1 saturated heterocycles. The molecule has 3 aliphatic heterocycles. The van der Waals surface area contributed by atoms with E-state index in [0.29, 0.717) is 16.1 Å². The molecule has 0 bridgehead atoms. The zero-order valence-electron chi connectivity index (χ0n) is 20.9. The molecule has 1 amide bonds. The number of ketones is 2. The first kappa shape index (κ1) is 23.7. The van der Waals surface area contributed by atoms with Crippen LogP contribution in [0.15, 0.2) is 96.4 Å². The summed E-state index contributed by atoms with van der Waals surface area (Å²) in [6.45, 7) is 1.99. The van der Waals surface area contributed by atoms with Gasteiger partial charge in [0.05, 0.1) is 16.8 Å². The summed E-state index contributed by atoms with van der Waals surface area (Å²) in [5.41, 5.74) is 2.94. The van der Waals surface area contributed by atoms with E-state index in [4.69, 9.17) is 0 Å². The maximum atomic E-state index is 14.6. The lowest BCUT2D eigenvalue weighted by Gasteiger charge is -2.39. The van der Waals surface area contributed by atoms with E-state index in [1.54, 1.807) is 6.07 Å². The largest absolute Gasteiger partial charge is 0.352 e. The Balaban J connectivity index is 1.56. The molecule has 1 N–H and O–H groups in total. The van der Waals surface area contributed by atoms with Crippen molar-refractivity contribution in [3.05, 3.63) is 124 Å². The first-order valence-corrected chi connectivity index (χ1v) is 13.7. The van der Waals surface area contributed by atoms with Gasteiger partial charge in [-0.05, 0) is 65.9 Å². The molecule has 1 aromatic heterocycles. The molecule has 0 saturated carbocycles. The van der Waals surface area contributed by atoms with Crippen molar-refractivity contribution in [2.45, 2.75) is 24.4 Å². The fourth-order valence-corrected chi connectivity index (χ4v) is 7.44. The Hall–Kier alpha value is -4.36. The van der Waals surface area contributed by atoms with Crippen molar-refractivity contribution in [3.8, 4) is 0 Å². The maximum Gasteiger partial charge on any atom is 0.238 e. The molecule has 3 aliphatic rings. The van der Waals surface area contributed by atoms with Gasteiger partial charge in [0.15, 0.2) is 11.6 Å². The number of halogens is 1. The molecule has 4 atom stereocenters. The third kappa shape index (κ3) is 3.20. The van der Waals surface area contributed by atoms with Crippen LogP contribution in [0.5, 0.6) is 0 Å². The van der Waals surface area contributed by atoms with Crippen molar-refractivity contribution in [1.82, 2.24) is 0 Å². The molecule has 3 aromatic carbocycles. The number of carbonyl (C=O) groups is 3. The molecular weight excluding hydrogens is 511 g/mol. The second-order valence-corrected chi connectivity index (χ2v) is 11.2. The average molecular weight is 535 g/mol. The molecule has 4 heterocycles. The zero-order valence-corrected chi connectivity index (χ0v) is 21.7. The van der Waals surface area contributed by atoms with Crippen molar-refractivity contribution >= 4 is 45.8 Å². The van der Waals surface area contributed by atoms with Crippen LogP contribution in [-0.2, 0) is 10.2 Å². The monoisotopic (exact) mass is 534 g/mol. The van der Waals surface area contributed by atoms with E-state index in [9.17, 15) is 18.8 Å². The quantitative estimate of drug-likeness (QED) is 0.320. The van der Waals surface area contributed by atoms with Gasteiger partial charge >= 0.3 is 0 Å². The number of nitrogens with one attached hydrogen (secondary N) is 1. The third-order valence-corrected chi connectivity index (χ3v) is 9.21.